The molecule has 0 saturated carbocycles. The molecule has 0 aliphatic carbocycles. The van der Waals surface area contributed by atoms with Gasteiger partial charge in [-0.05, 0) is 24.1 Å². The molecule has 0 heterocycles. The second kappa shape index (κ2) is 5.21. The number of alkyl halides is 3. The molecule has 0 radical (unpaired) electrons. The van der Waals surface area contributed by atoms with E-state index in [0.29, 0.717) is 11.3 Å². The third kappa shape index (κ3) is 4.10. The number of halogens is 3. The number of aliphatic hydroxyl groups is 1. The Bertz CT molecular complexity index is 336. The lowest BCUT2D eigenvalue weighted by Crippen LogP contribution is -2.10. The van der Waals surface area contributed by atoms with E-state index in [9.17, 15) is 18.3 Å². The van der Waals surface area contributed by atoms with Gasteiger partial charge in [0.15, 0.2) is 0 Å². The number of methoxy groups -OCH3 is 1. The molecule has 0 fully saturated rings. The lowest BCUT2D eigenvalue weighted by molar-refractivity contribution is -0.140. The molecule has 2 nitrogen and oxygen atoms in total. The Hall–Kier alpha value is -1.23. The number of rotatable bonds is 4. The molecule has 0 aliphatic heterocycles. The standard InChI is InChI=1S/C11H13F3O2/c1-16-9-4-2-3-8(7-9)10(15)5-6-11(12,13)14/h2-4,7,10,15H,5-6H2,1H3. The molecule has 1 aromatic rings. The third-order valence-electron chi connectivity index (χ3n) is 2.18. The van der Waals surface area contributed by atoms with Crippen LogP contribution in [-0.2, 0) is 0 Å². The number of hydrogen-bond acceptors (Lipinski definition) is 2. The summed E-state index contributed by atoms with van der Waals surface area (Å²) >= 11 is 0. The lowest BCUT2D eigenvalue weighted by Gasteiger charge is -2.13. The van der Waals surface area contributed by atoms with Crippen LogP contribution < -0.4 is 4.74 Å². The van der Waals surface area contributed by atoms with Crippen LogP contribution in [0.2, 0.25) is 0 Å². The van der Waals surface area contributed by atoms with Crippen molar-refractivity contribution in [3.05, 3.63) is 29.8 Å². The van der Waals surface area contributed by atoms with Crippen molar-refractivity contribution < 1.29 is 23.0 Å². The average Bonchev–Trinajstić information content (AvgIpc) is 2.25. The van der Waals surface area contributed by atoms with Crippen molar-refractivity contribution in [1.29, 1.82) is 0 Å². The molecule has 0 saturated heterocycles. The van der Waals surface area contributed by atoms with Gasteiger partial charge in [-0.3, -0.25) is 0 Å². The van der Waals surface area contributed by atoms with E-state index in [0.717, 1.165) is 0 Å². The van der Waals surface area contributed by atoms with Gasteiger partial charge in [0.25, 0.3) is 0 Å². The van der Waals surface area contributed by atoms with Crippen LogP contribution in [0.25, 0.3) is 0 Å². The summed E-state index contributed by atoms with van der Waals surface area (Å²) in [5, 5.41) is 9.55. The largest absolute Gasteiger partial charge is 0.497 e. The summed E-state index contributed by atoms with van der Waals surface area (Å²) in [6.07, 6.45) is -6.68. The predicted molar refractivity (Wildman–Crippen MR) is 53.2 cm³/mol. The smallest absolute Gasteiger partial charge is 0.389 e. The van der Waals surface area contributed by atoms with Crippen LogP contribution >= 0.6 is 0 Å². The maximum atomic E-state index is 11.9. The first kappa shape index (κ1) is 12.8. The zero-order valence-electron chi connectivity index (χ0n) is 8.79. The van der Waals surface area contributed by atoms with Crippen molar-refractivity contribution in [3.63, 3.8) is 0 Å². The van der Waals surface area contributed by atoms with Gasteiger partial charge in [-0.15, -0.1) is 0 Å². The zero-order chi connectivity index (χ0) is 12.2. The van der Waals surface area contributed by atoms with E-state index >= 15 is 0 Å². The lowest BCUT2D eigenvalue weighted by atomic mass is 10.0. The summed E-state index contributed by atoms with van der Waals surface area (Å²) in [4.78, 5) is 0. The van der Waals surface area contributed by atoms with Gasteiger partial charge in [0.2, 0.25) is 0 Å². The second-order valence-corrected chi connectivity index (χ2v) is 3.45. The van der Waals surface area contributed by atoms with Gasteiger partial charge in [-0.25, -0.2) is 0 Å². The summed E-state index contributed by atoms with van der Waals surface area (Å²) in [6, 6.07) is 6.40. The number of benzene rings is 1. The monoisotopic (exact) mass is 234 g/mol. The van der Waals surface area contributed by atoms with Crippen LogP contribution in [0.15, 0.2) is 24.3 Å². The van der Waals surface area contributed by atoms with E-state index in [4.69, 9.17) is 4.74 Å². The molecule has 1 rings (SSSR count). The van der Waals surface area contributed by atoms with Gasteiger partial charge in [0.05, 0.1) is 13.2 Å². The maximum absolute atomic E-state index is 11.9. The van der Waals surface area contributed by atoms with Crippen LogP contribution in [-0.4, -0.2) is 18.4 Å². The predicted octanol–water partition coefficient (Wildman–Crippen LogP) is 3.07. The first-order chi connectivity index (χ1) is 7.42. The number of aliphatic hydroxyl groups excluding tert-OH is 1. The Balaban J connectivity index is 2.62. The fraction of sp³-hybridized carbons (Fsp3) is 0.455. The van der Waals surface area contributed by atoms with E-state index < -0.39 is 18.7 Å². The average molecular weight is 234 g/mol. The Morgan fingerprint density at radius 3 is 2.62 bits per heavy atom. The first-order valence-electron chi connectivity index (χ1n) is 4.81. The molecule has 1 aromatic carbocycles. The van der Waals surface area contributed by atoms with E-state index in [2.05, 4.69) is 0 Å². The van der Waals surface area contributed by atoms with Crippen LogP contribution in [0.1, 0.15) is 24.5 Å². The van der Waals surface area contributed by atoms with Gasteiger partial charge < -0.3 is 9.84 Å². The third-order valence-corrected chi connectivity index (χ3v) is 2.18. The van der Waals surface area contributed by atoms with Crippen LogP contribution in [0.3, 0.4) is 0 Å². The number of ether oxygens (including phenoxy) is 1. The van der Waals surface area contributed by atoms with Crippen LogP contribution in [0.4, 0.5) is 13.2 Å². The molecule has 0 bridgehead atoms. The van der Waals surface area contributed by atoms with E-state index in [-0.39, 0.29) is 6.42 Å². The minimum absolute atomic E-state index is 0.337. The van der Waals surface area contributed by atoms with Crippen molar-refractivity contribution in [1.82, 2.24) is 0 Å². The molecule has 1 unspecified atom stereocenters. The quantitative estimate of drug-likeness (QED) is 0.867. The van der Waals surface area contributed by atoms with Gasteiger partial charge >= 0.3 is 6.18 Å². The van der Waals surface area contributed by atoms with Gasteiger partial charge in [0.1, 0.15) is 5.75 Å². The molecule has 16 heavy (non-hydrogen) atoms. The highest BCUT2D eigenvalue weighted by Crippen LogP contribution is 2.28. The van der Waals surface area contributed by atoms with E-state index in [1.54, 1.807) is 18.2 Å². The Morgan fingerprint density at radius 1 is 1.38 bits per heavy atom. The number of hydrogen-bond donors (Lipinski definition) is 1. The first-order valence-corrected chi connectivity index (χ1v) is 4.81. The van der Waals surface area contributed by atoms with Gasteiger partial charge in [-0.2, -0.15) is 13.2 Å². The summed E-state index contributed by atoms with van der Waals surface area (Å²) in [7, 11) is 1.46. The summed E-state index contributed by atoms with van der Waals surface area (Å²) in [5.41, 5.74) is 0.434. The zero-order valence-corrected chi connectivity index (χ0v) is 8.79. The minimum atomic E-state index is -4.24. The highest BCUT2D eigenvalue weighted by Gasteiger charge is 2.28. The molecule has 0 spiro atoms. The highest BCUT2D eigenvalue weighted by molar-refractivity contribution is 5.29. The van der Waals surface area contributed by atoms with Crippen LogP contribution in [0.5, 0.6) is 5.75 Å². The Morgan fingerprint density at radius 2 is 2.06 bits per heavy atom. The topological polar surface area (TPSA) is 29.5 Å². The summed E-state index contributed by atoms with van der Waals surface area (Å²) in [6.45, 7) is 0. The van der Waals surface area contributed by atoms with Crippen molar-refractivity contribution >= 4 is 0 Å². The molecular formula is C11H13F3O2. The van der Waals surface area contributed by atoms with E-state index in [1.807, 2.05) is 0 Å². The molecular weight excluding hydrogens is 221 g/mol. The van der Waals surface area contributed by atoms with Crippen molar-refractivity contribution in [2.24, 2.45) is 0 Å². The van der Waals surface area contributed by atoms with Crippen molar-refractivity contribution in [2.45, 2.75) is 25.1 Å². The molecule has 0 aromatic heterocycles. The highest BCUT2D eigenvalue weighted by atomic mass is 19.4. The van der Waals surface area contributed by atoms with Gasteiger partial charge in [-0.1, -0.05) is 12.1 Å². The fourth-order valence-electron chi connectivity index (χ4n) is 1.32. The molecule has 0 amide bonds. The summed E-state index contributed by atoms with van der Waals surface area (Å²) in [5.74, 6) is 0.517. The molecule has 1 atom stereocenters. The fourth-order valence-corrected chi connectivity index (χ4v) is 1.32. The Kier molecular flexibility index (Phi) is 4.18. The molecule has 5 heteroatoms. The molecule has 0 aliphatic rings. The van der Waals surface area contributed by atoms with Crippen molar-refractivity contribution in [2.75, 3.05) is 7.11 Å². The Labute approximate surface area is 91.7 Å². The van der Waals surface area contributed by atoms with Gasteiger partial charge in [0, 0.05) is 6.42 Å². The minimum Gasteiger partial charge on any atom is -0.497 e. The molecule has 1 N–H and O–H groups in total. The SMILES string of the molecule is COc1cccc(C(O)CCC(F)(F)F)c1. The van der Waals surface area contributed by atoms with E-state index in [1.165, 1.54) is 13.2 Å². The normalized spacial score (nSPS) is 13.6. The van der Waals surface area contributed by atoms with Crippen molar-refractivity contribution in [3.8, 4) is 5.75 Å². The second-order valence-electron chi connectivity index (χ2n) is 3.45. The van der Waals surface area contributed by atoms with Crippen LogP contribution in [0, 0.1) is 0 Å². The summed E-state index contributed by atoms with van der Waals surface area (Å²) < 4.78 is 40.7. The molecule has 90 valence electrons. The maximum Gasteiger partial charge on any atom is 0.389 e.